The lowest BCUT2D eigenvalue weighted by Crippen LogP contribution is -2.27. The van der Waals surface area contributed by atoms with E-state index in [2.05, 4.69) is 59.5 Å². The van der Waals surface area contributed by atoms with Crippen LogP contribution in [0.5, 0.6) is 11.5 Å². The molecule has 4 rings (SSSR count). The molecule has 3 aromatic carbocycles. The molecule has 7 nitrogen and oxygen atoms in total. The van der Waals surface area contributed by atoms with Gasteiger partial charge < -0.3 is 25.0 Å². The van der Waals surface area contributed by atoms with Crippen molar-refractivity contribution in [2.75, 3.05) is 44.0 Å². The van der Waals surface area contributed by atoms with Crippen molar-refractivity contribution in [3.63, 3.8) is 0 Å². The smallest absolute Gasteiger partial charge is 0.229 e. The molecule has 0 atom stereocenters. The summed E-state index contributed by atoms with van der Waals surface area (Å²) in [6.07, 6.45) is 2.78. The number of benzene rings is 3. The first kappa shape index (κ1) is 26.9. The van der Waals surface area contributed by atoms with E-state index >= 15 is 0 Å². The first-order chi connectivity index (χ1) is 18.6. The maximum Gasteiger partial charge on any atom is 0.229 e. The summed E-state index contributed by atoms with van der Waals surface area (Å²) in [4.78, 5) is 11.9. The van der Waals surface area contributed by atoms with Gasteiger partial charge in [-0.2, -0.15) is 4.98 Å². The fourth-order valence-electron chi connectivity index (χ4n) is 4.30. The highest BCUT2D eigenvalue weighted by Gasteiger charge is 2.14. The van der Waals surface area contributed by atoms with E-state index < -0.39 is 0 Å². The van der Waals surface area contributed by atoms with Gasteiger partial charge in [-0.15, -0.1) is 0 Å². The summed E-state index contributed by atoms with van der Waals surface area (Å²) in [5, 5.41) is 6.81. The van der Waals surface area contributed by atoms with Gasteiger partial charge >= 0.3 is 0 Å². The fourth-order valence-corrected chi connectivity index (χ4v) is 4.30. The van der Waals surface area contributed by atoms with Crippen LogP contribution in [0.1, 0.15) is 26.3 Å². The van der Waals surface area contributed by atoms with E-state index in [-0.39, 0.29) is 0 Å². The molecule has 0 aliphatic carbocycles. The Morgan fingerprint density at radius 2 is 1.55 bits per heavy atom. The Balaban J connectivity index is 1.57. The summed E-state index contributed by atoms with van der Waals surface area (Å²) in [6.45, 7) is 10.1. The highest BCUT2D eigenvalue weighted by molar-refractivity contribution is 5.81. The van der Waals surface area contributed by atoms with E-state index in [1.807, 2.05) is 60.8 Å². The molecule has 4 aromatic rings. The maximum absolute atomic E-state index is 5.92. The molecular formula is C31H37N5O2. The molecule has 0 aliphatic heterocycles. The molecule has 0 spiro atoms. The number of likely N-dealkylation sites (N-methyl/N-ethyl adjacent to an activating group) is 1. The second kappa shape index (κ2) is 13.4. The highest BCUT2D eigenvalue weighted by atomic mass is 16.5. The molecule has 7 heteroatoms. The number of nitrogens with zero attached hydrogens (tertiary/aromatic N) is 3. The van der Waals surface area contributed by atoms with E-state index in [1.165, 1.54) is 5.56 Å². The Bertz CT molecular complexity index is 1310. The van der Waals surface area contributed by atoms with Crippen LogP contribution in [0, 0.1) is 0 Å². The monoisotopic (exact) mass is 511 g/mol. The zero-order valence-corrected chi connectivity index (χ0v) is 22.7. The summed E-state index contributed by atoms with van der Waals surface area (Å²) in [5.74, 6) is 2.78. The van der Waals surface area contributed by atoms with Gasteiger partial charge in [0.15, 0.2) is 0 Å². The zero-order valence-electron chi connectivity index (χ0n) is 22.7. The van der Waals surface area contributed by atoms with E-state index in [1.54, 1.807) is 7.11 Å². The van der Waals surface area contributed by atoms with Gasteiger partial charge in [0.25, 0.3) is 0 Å². The number of aryl methyl sites for hydroxylation is 1. The van der Waals surface area contributed by atoms with E-state index in [0.29, 0.717) is 18.4 Å². The highest BCUT2D eigenvalue weighted by Crippen LogP contribution is 2.34. The molecule has 38 heavy (non-hydrogen) atoms. The number of ether oxygens (including phenoxy) is 2. The van der Waals surface area contributed by atoms with Crippen molar-refractivity contribution in [3.8, 4) is 22.6 Å². The second-order valence-corrected chi connectivity index (χ2v) is 8.82. The molecule has 0 unspecified atom stereocenters. The predicted octanol–water partition coefficient (Wildman–Crippen LogP) is 6.92. The van der Waals surface area contributed by atoms with Crippen molar-refractivity contribution in [3.05, 3.63) is 84.6 Å². The third kappa shape index (κ3) is 6.81. The van der Waals surface area contributed by atoms with Crippen molar-refractivity contribution >= 4 is 23.1 Å². The minimum Gasteiger partial charge on any atom is -0.495 e. The molecule has 0 saturated heterocycles. The molecule has 0 radical (unpaired) electrons. The van der Waals surface area contributed by atoms with Crippen molar-refractivity contribution in [2.45, 2.75) is 27.2 Å². The molecule has 0 amide bonds. The number of rotatable bonds is 13. The Labute approximate surface area is 225 Å². The average molecular weight is 512 g/mol. The number of hydrogen-bond acceptors (Lipinski definition) is 7. The Morgan fingerprint density at radius 3 is 2.29 bits per heavy atom. The van der Waals surface area contributed by atoms with E-state index in [9.17, 15) is 0 Å². The van der Waals surface area contributed by atoms with Gasteiger partial charge in [-0.25, -0.2) is 4.98 Å². The van der Waals surface area contributed by atoms with E-state index in [4.69, 9.17) is 14.5 Å². The van der Waals surface area contributed by atoms with Crippen LogP contribution in [0.2, 0.25) is 0 Å². The van der Waals surface area contributed by atoms with Crippen LogP contribution < -0.4 is 20.1 Å². The number of nitrogens with one attached hydrogen (secondary N) is 2. The number of para-hydroxylation sites is 2. The van der Waals surface area contributed by atoms with Crippen LogP contribution in [-0.2, 0) is 6.42 Å². The molecule has 198 valence electrons. The minimum absolute atomic E-state index is 0.496. The van der Waals surface area contributed by atoms with E-state index in [0.717, 1.165) is 60.1 Å². The summed E-state index contributed by atoms with van der Waals surface area (Å²) >= 11 is 0. The van der Waals surface area contributed by atoms with Gasteiger partial charge in [0, 0.05) is 24.0 Å². The molecular weight excluding hydrogens is 474 g/mol. The number of hydrogen-bond donors (Lipinski definition) is 2. The quantitative estimate of drug-likeness (QED) is 0.202. The SMILES string of the molecule is CCc1ccccc1-c1cnc(Nc2ccc(OCCN(CC)CC)cc2)nc1Nc1ccccc1OC. The zero-order chi connectivity index (χ0) is 26.7. The molecule has 0 fully saturated rings. The molecule has 0 aliphatic rings. The maximum atomic E-state index is 5.92. The first-order valence-corrected chi connectivity index (χ1v) is 13.2. The van der Waals surface area contributed by atoms with Gasteiger partial charge in [-0.1, -0.05) is 57.2 Å². The third-order valence-electron chi connectivity index (χ3n) is 6.52. The van der Waals surface area contributed by atoms with Crippen LogP contribution in [-0.4, -0.2) is 48.2 Å². The van der Waals surface area contributed by atoms with Crippen LogP contribution in [0.4, 0.5) is 23.1 Å². The molecule has 2 N–H and O–H groups in total. The third-order valence-corrected chi connectivity index (χ3v) is 6.52. The van der Waals surface area contributed by atoms with Crippen LogP contribution in [0.3, 0.4) is 0 Å². The van der Waals surface area contributed by atoms with Crippen LogP contribution in [0.15, 0.2) is 79.0 Å². The summed E-state index contributed by atoms with van der Waals surface area (Å²) in [7, 11) is 1.66. The summed E-state index contributed by atoms with van der Waals surface area (Å²) in [5.41, 5.74) is 4.98. The average Bonchev–Trinajstić information content (AvgIpc) is 2.97. The number of methoxy groups -OCH3 is 1. The van der Waals surface area contributed by atoms with Crippen molar-refractivity contribution in [2.24, 2.45) is 0 Å². The minimum atomic E-state index is 0.496. The lowest BCUT2D eigenvalue weighted by atomic mass is 9.99. The second-order valence-electron chi connectivity index (χ2n) is 8.82. The van der Waals surface area contributed by atoms with Crippen molar-refractivity contribution < 1.29 is 9.47 Å². The number of aromatic nitrogens is 2. The Hall–Kier alpha value is -4.10. The van der Waals surface area contributed by atoms with Gasteiger partial charge in [0.05, 0.1) is 12.8 Å². The fraction of sp³-hybridized carbons (Fsp3) is 0.290. The van der Waals surface area contributed by atoms with Crippen molar-refractivity contribution in [1.82, 2.24) is 14.9 Å². The first-order valence-electron chi connectivity index (χ1n) is 13.2. The topological polar surface area (TPSA) is 71.5 Å². The molecule has 0 bridgehead atoms. The molecule has 1 heterocycles. The van der Waals surface area contributed by atoms with Crippen LogP contribution in [0.25, 0.3) is 11.1 Å². The van der Waals surface area contributed by atoms with Gasteiger partial charge in [-0.3, -0.25) is 0 Å². The van der Waals surface area contributed by atoms with Crippen LogP contribution >= 0.6 is 0 Å². The summed E-state index contributed by atoms with van der Waals surface area (Å²) < 4.78 is 11.5. The Morgan fingerprint density at radius 1 is 0.816 bits per heavy atom. The molecule has 1 aromatic heterocycles. The lowest BCUT2D eigenvalue weighted by molar-refractivity contribution is 0.223. The summed E-state index contributed by atoms with van der Waals surface area (Å²) in [6, 6.07) is 24.0. The predicted molar refractivity (Wildman–Crippen MR) is 156 cm³/mol. The van der Waals surface area contributed by atoms with Crippen molar-refractivity contribution in [1.29, 1.82) is 0 Å². The van der Waals surface area contributed by atoms with Gasteiger partial charge in [0.1, 0.15) is 23.9 Å². The molecule has 0 saturated carbocycles. The lowest BCUT2D eigenvalue weighted by Gasteiger charge is -2.18. The standard InChI is InChI=1S/C31H37N5O2/c1-5-23-12-8-9-13-26(23)27-22-32-31(35-30(27)34-28-14-10-11-15-29(28)37-4)33-24-16-18-25(19-17-24)38-21-20-36(6-2)7-3/h8-19,22H,5-7,20-21H2,1-4H3,(H2,32,33,34,35). The Kier molecular flexibility index (Phi) is 9.54. The number of anilines is 4. The largest absolute Gasteiger partial charge is 0.495 e. The van der Waals surface area contributed by atoms with Gasteiger partial charge in [-0.05, 0) is 67.0 Å². The van der Waals surface area contributed by atoms with Gasteiger partial charge in [0.2, 0.25) is 5.95 Å². The normalized spacial score (nSPS) is 10.9.